The highest BCUT2D eigenvalue weighted by atomic mass is 32.2. The molecule has 0 heterocycles. The molecule has 8 heteroatoms. The molecule has 1 rings (SSSR count). The molecule has 0 radical (unpaired) electrons. The Bertz CT molecular complexity index is 325. The van der Waals surface area contributed by atoms with Gasteiger partial charge in [0.25, 0.3) is 0 Å². The van der Waals surface area contributed by atoms with Crippen LogP contribution in [-0.2, 0) is 15.2 Å². The van der Waals surface area contributed by atoms with Gasteiger partial charge >= 0.3 is 7.25 Å². The lowest BCUT2D eigenvalue weighted by molar-refractivity contribution is 0.368. The second-order valence-corrected chi connectivity index (χ2v) is 4.81. The van der Waals surface area contributed by atoms with Crippen LogP contribution in [0.3, 0.4) is 0 Å². The molecule has 0 saturated heterocycles. The first-order valence-electron chi connectivity index (χ1n) is 4.28. The Kier molecular flexibility index (Phi) is 6.28. The average molecular weight is 257 g/mol. The van der Waals surface area contributed by atoms with E-state index in [2.05, 4.69) is 0 Å². The predicted molar refractivity (Wildman–Crippen MR) is 58.0 cm³/mol. The van der Waals surface area contributed by atoms with E-state index in [0.29, 0.717) is 0 Å². The molecule has 1 aromatic carbocycles. The molecule has 0 aliphatic carbocycles. The van der Waals surface area contributed by atoms with Crippen LogP contribution in [0.15, 0.2) is 35.2 Å². The molecule has 1 atom stereocenters. The molecular formula is C8H12BF4NOS. The Balaban J connectivity index is 0.000000385. The van der Waals surface area contributed by atoms with Crippen LogP contribution >= 0.6 is 0 Å². The van der Waals surface area contributed by atoms with Gasteiger partial charge in [-0.25, -0.2) is 0 Å². The van der Waals surface area contributed by atoms with Gasteiger partial charge < -0.3 is 17.3 Å². The summed E-state index contributed by atoms with van der Waals surface area (Å²) < 4.78 is 52.1. The van der Waals surface area contributed by atoms with Crippen molar-refractivity contribution in [3.05, 3.63) is 30.3 Å². The van der Waals surface area contributed by atoms with E-state index >= 15 is 0 Å². The van der Waals surface area contributed by atoms with Crippen LogP contribution in [0.2, 0.25) is 0 Å². The number of benzene rings is 1. The standard InChI is InChI=1S/C8H11NOS.BF4/c1-9(2)11(10)8-6-4-3-5-7-8;2-1(3,4)5/h3-7H,1-2H3;/q;-1/p+1. The maximum absolute atomic E-state index is 11.4. The first kappa shape index (κ1) is 15.1. The molecule has 0 fully saturated rings. The van der Waals surface area contributed by atoms with Crippen LogP contribution in [0.25, 0.3) is 0 Å². The quantitative estimate of drug-likeness (QED) is 0.345. The van der Waals surface area contributed by atoms with Crippen LogP contribution in [0.1, 0.15) is 0 Å². The average Bonchev–Trinajstić information content (AvgIpc) is 2.15. The SMILES string of the molecule is CN(C)[SH+](=O)c1ccccc1.F[B-](F)(F)F. The highest BCUT2D eigenvalue weighted by Gasteiger charge is 2.20. The van der Waals surface area contributed by atoms with Crippen LogP contribution in [0.5, 0.6) is 0 Å². The van der Waals surface area contributed by atoms with Crippen molar-refractivity contribution in [1.29, 1.82) is 0 Å². The lowest BCUT2D eigenvalue weighted by Crippen LogP contribution is -2.14. The molecule has 0 N–H and O–H groups in total. The summed E-state index contributed by atoms with van der Waals surface area (Å²) in [5.41, 5.74) is 0. The van der Waals surface area contributed by atoms with Crippen molar-refractivity contribution in [2.45, 2.75) is 4.90 Å². The van der Waals surface area contributed by atoms with Crippen molar-refractivity contribution < 1.29 is 21.5 Å². The Labute approximate surface area is 94.0 Å². The van der Waals surface area contributed by atoms with Gasteiger partial charge in [0.2, 0.25) is 0 Å². The molecule has 1 unspecified atom stereocenters. The zero-order valence-electron chi connectivity index (χ0n) is 8.78. The number of halogens is 4. The van der Waals surface area contributed by atoms with Crippen LogP contribution in [0.4, 0.5) is 17.3 Å². The third-order valence-corrected chi connectivity index (χ3v) is 2.81. The second-order valence-electron chi connectivity index (χ2n) is 2.95. The first-order valence-corrected chi connectivity index (χ1v) is 5.50. The van der Waals surface area contributed by atoms with Crippen LogP contribution < -0.4 is 0 Å². The molecule has 0 aliphatic heterocycles. The van der Waals surface area contributed by atoms with E-state index in [9.17, 15) is 21.5 Å². The minimum atomic E-state index is -6.00. The number of hydrogen-bond acceptors (Lipinski definition) is 1. The Morgan fingerprint density at radius 3 is 1.75 bits per heavy atom. The van der Waals surface area contributed by atoms with Crippen LogP contribution in [0, 0.1) is 0 Å². The van der Waals surface area contributed by atoms with Gasteiger partial charge in [-0.2, -0.15) is 0 Å². The molecule has 0 bridgehead atoms. The van der Waals surface area contributed by atoms with Gasteiger partial charge in [0, 0.05) is 14.1 Å². The van der Waals surface area contributed by atoms with Gasteiger partial charge in [0.05, 0.1) is 0 Å². The van der Waals surface area contributed by atoms with Gasteiger partial charge in [-0.05, 0) is 12.1 Å². The molecular weight excluding hydrogens is 245 g/mol. The third kappa shape index (κ3) is 8.43. The highest BCUT2D eigenvalue weighted by Crippen LogP contribution is 2.07. The monoisotopic (exact) mass is 257 g/mol. The fraction of sp³-hybridized carbons (Fsp3) is 0.250. The molecule has 2 nitrogen and oxygen atoms in total. The predicted octanol–water partition coefficient (Wildman–Crippen LogP) is 2.52. The zero-order valence-corrected chi connectivity index (χ0v) is 9.67. The normalized spacial score (nSPS) is 12.9. The number of thiol groups is 1. The van der Waals surface area contributed by atoms with E-state index in [1.165, 1.54) is 0 Å². The fourth-order valence-corrected chi connectivity index (χ4v) is 1.68. The van der Waals surface area contributed by atoms with Crippen molar-refractivity contribution in [3.8, 4) is 0 Å². The van der Waals surface area contributed by atoms with Gasteiger partial charge in [0.1, 0.15) is 0 Å². The lowest BCUT2D eigenvalue weighted by Gasteiger charge is -2.00. The van der Waals surface area contributed by atoms with Crippen molar-refractivity contribution >= 4 is 18.2 Å². The summed E-state index contributed by atoms with van der Waals surface area (Å²) in [7, 11) is -3.73. The van der Waals surface area contributed by atoms with Crippen molar-refractivity contribution in [3.63, 3.8) is 0 Å². The maximum Gasteiger partial charge on any atom is 0.673 e. The minimum Gasteiger partial charge on any atom is -0.418 e. The van der Waals surface area contributed by atoms with Gasteiger partial charge in [0.15, 0.2) is 15.9 Å². The summed E-state index contributed by atoms with van der Waals surface area (Å²) in [6, 6.07) is 9.46. The van der Waals surface area contributed by atoms with Gasteiger partial charge in [-0.1, -0.05) is 22.4 Å². The molecule has 0 spiro atoms. The number of nitrogens with zero attached hydrogens (tertiary/aromatic N) is 1. The topological polar surface area (TPSA) is 20.3 Å². The van der Waals surface area contributed by atoms with Crippen molar-refractivity contribution in [1.82, 2.24) is 4.31 Å². The number of hydrogen-bond donors (Lipinski definition) is 0. The van der Waals surface area contributed by atoms with Crippen LogP contribution in [-0.4, -0.2) is 25.7 Å². The summed E-state index contributed by atoms with van der Waals surface area (Å²) in [4.78, 5) is 0.882. The molecule has 0 amide bonds. The highest BCUT2D eigenvalue weighted by molar-refractivity contribution is 7.82. The minimum absolute atomic E-state index is 0.882. The number of rotatable bonds is 2. The smallest absolute Gasteiger partial charge is 0.418 e. The Morgan fingerprint density at radius 1 is 1.06 bits per heavy atom. The molecule has 1 aromatic rings. The fourth-order valence-electron chi connectivity index (χ4n) is 0.786. The molecule has 0 aromatic heterocycles. The van der Waals surface area contributed by atoms with E-state index in [0.717, 1.165) is 4.90 Å². The second kappa shape index (κ2) is 6.64. The summed E-state index contributed by atoms with van der Waals surface area (Å²) >= 11 is 0. The summed E-state index contributed by atoms with van der Waals surface area (Å²) in [5.74, 6) is 0. The van der Waals surface area contributed by atoms with E-state index in [-0.39, 0.29) is 0 Å². The Hall–Kier alpha value is -0.885. The van der Waals surface area contributed by atoms with E-state index in [1.807, 2.05) is 44.4 Å². The summed E-state index contributed by atoms with van der Waals surface area (Å²) in [6.07, 6.45) is 0. The maximum atomic E-state index is 11.4. The van der Waals surface area contributed by atoms with Crippen molar-refractivity contribution in [2.24, 2.45) is 0 Å². The van der Waals surface area contributed by atoms with Gasteiger partial charge in [-0.15, -0.1) is 4.31 Å². The molecule has 16 heavy (non-hydrogen) atoms. The molecule has 0 aliphatic rings. The van der Waals surface area contributed by atoms with E-state index < -0.39 is 18.2 Å². The lowest BCUT2D eigenvalue weighted by atomic mass is 10.3. The van der Waals surface area contributed by atoms with Crippen molar-refractivity contribution in [2.75, 3.05) is 14.1 Å². The zero-order chi connectivity index (χ0) is 12.8. The molecule has 92 valence electrons. The molecule has 0 saturated carbocycles. The van der Waals surface area contributed by atoms with E-state index in [4.69, 9.17) is 0 Å². The van der Waals surface area contributed by atoms with E-state index in [1.54, 1.807) is 4.31 Å². The largest absolute Gasteiger partial charge is 0.673 e. The first-order chi connectivity index (χ1) is 7.22. The third-order valence-electron chi connectivity index (χ3n) is 1.34. The summed E-state index contributed by atoms with van der Waals surface area (Å²) in [6.45, 7) is 0. The van der Waals surface area contributed by atoms with Gasteiger partial charge in [-0.3, -0.25) is 0 Å². The summed E-state index contributed by atoms with van der Waals surface area (Å²) in [5, 5.41) is 0. The Morgan fingerprint density at radius 2 is 1.44 bits per heavy atom.